The van der Waals surface area contributed by atoms with Crippen LogP contribution in [0.4, 0.5) is 0 Å². The van der Waals surface area contributed by atoms with Crippen molar-refractivity contribution in [3.05, 3.63) is 58.1 Å². The number of guanidine groups is 1. The number of methoxy groups -OCH3 is 2. The van der Waals surface area contributed by atoms with E-state index >= 15 is 0 Å². The van der Waals surface area contributed by atoms with Crippen molar-refractivity contribution in [3.63, 3.8) is 0 Å². The van der Waals surface area contributed by atoms with Crippen molar-refractivity contribution in [1.82, 2.24) is 5.32 Å². The van der Waals surface area contributed by atoms with Gasteiger partial charge in [-0.2, -0.15) is 0 Å². The number of ether oxygens (including phenoxy) is 2. The molecule has 5 nitrogen and oxygen atoms in total. The van der Waals surface area contributed by atoms with Crippen molar-refractivity contribution in [3.8, 4) is 11.5 Å². The summed E-state index contributed by atoms with van der Waals surface area (Å²) in [5, 5.41) is 3.19. The standard InChI is InChI=1S/C20H27N3O2.HI/c1-13-8-14(2)17(15(3)9-13)12-23-20(21)22-11-16-6-7-18(24-4)19(10-16)25-5;/h6-10H,11-12H2,1-5H3,(H3,21,22,23);1H. The van der Waals surface area contributed by atoms with Crippen molar-refractivity contribution < 1.29 is 9.47 Å². The predicted molar refractivity (Wildman–Crippen MR) is 118 cm³/mol. The lowest BCUT2D eigenvalue weighted by atomic mass is 10.00. The molecular weight excluding hydrogens is 441 g/mol. The van der Waals surface area contributed by atoms with Crippen LogP contribution >= 0.6 is 24.0 Å². The second-order valence-corrected chi connectivity index (χ2v) is 6.12. The van der Waals surface area contributed by atoms with Crippen LogP contribution in [-0.4, -0.2) is 20.2 Å². The van der Waals surface area contributed by atoms with E-state index in [-0.39, 0.29) is 24.0 Å². The monoisotopic (exact) mass is 469 g/mol. The van der Waals surface area contributed by atoms with Gasteiger partial charge in [-0.15, -0.1) is 24.0 Å². The maximum Gasteiger partial charge on any atom is 0.189 e. The molecule has 0 spiro atoms. The first-order valence-corrected chi connectivity index (χ1v) is 8.26. The van der Waals surface area contributed by atoms with Crippen LogP contribution in [0.2, 0.25) is 0 Å². The Labute approximate surface area is 173 Å². The lowest BCUT2D eigenvalue weighted by Crippen LogP contribution is -2.31. The number of nitrogens with two attached hydrogens (primary N) is 1. The van der Waals surface area contributed by atoms with E-state index in [1.165, 1.54) is 22.3 Å². The fourth-order valence-electron chi connectivity index (χ4n) is 2.88. The summed E-state index contributed by atoms with van der Waals surface area (Å²) in [6.45, 7) is 7.49. The van der Waals surface area contributed by atoms with E-state index < -0.39 is 0 Å². The van der Waals surface area contributed by atoms with Crippen molar-refractivity contribution in [2.75, 3.05) is 14.2 Å². The first-order valence-electron chi connectivity index (χ1n) is 8.26. The maximum absolute atomic E-state index is 6.01. The van der Waals surface area contributed by atoms with Gasteiger partial charge in [-0.3, -0.25) is 0 Å². The van der Waals surface area contributed by atoms with Crippen molar-refractivity contribution in [1.29, 1.82) is 0 Å². The average molecular weight is 469 g/mol. The van der Waals surface area contributed by atoms with Gasteiger partial charge in [0.25, 0.3) is 0 Å². The Bertz CT molecular complexity index is 753. The highest BCUT2D eigenvalue weighted by molar-refractivity contribution is 14.0. The maximum atomic E-state index is 6.01. The number of aryl methyl sites for hydroxylation is 3. The summed E-state index contributed by atoms with van der Waals surface area (Å²) in [7, 11) is 3.24. The minimum Gasteiger partial charge on any atom is -0.493 e. The molecule has 26 heavy (non-hydrogen) atoms. The number of nitrogens with one attached hydrogen (secondary N) is 1. The van der Waals surface area contributed by atoms with Crippen LogP contribution in [-0.2, 0) is 13.1 Å². The van der Waals surface area contributed by atoms with Crippen molar-refractivity contribution in [2.24, 2.45) is 10.7 Å². The molecule has 3 N–H and O–H groups in total. The average Bonchev–Trinajstić information content (AvgIpc) is 2.58. The molecule has 0 saturated heterocycles. The van der Waals surface area contributed by atoms with E-state index in [0.717, 1.165) is 5.56 Å². The van der Waals surface area contributed by atoms with Gasteiger partial charge in [-0.25, -0.2) is 4.99 Å². The number of nitrogens with zero attached hydrogens (tertiary/aromatic N) is 1. The minimum atomic E-state index is 0. The van der Waals surface area contributed by atoms with Gasteiger partial charge >= 0.3 is 0 Å². The smallest absolute Gasteiger partial charge is 0.189 e. The topological polar surface area (TPSA) is 68.9 Å². The summed E-state index contributed by atoms with van der Waals surface area (Å²) >= 11 is 0. The van der Waals surface area contributed by atoms with Crippen LogP contribution < -0.4 is 20.5 Å². The molecule has 2 aromatic rings. The van der Waals surface area contributed by atoms with Crippen LogP contribution in [0.1, 0.15) is 27.8 Å². The molecule has 0 aromatic heterocycles. The van der Waals surface area contributed by atoms with Crippen molar-refractivity contribution in [2.45, 2.75) is 33.9 Å². The molecular formula is C20H28IN3O2. The summed E-state index contributed by atoms with van der Waals surface area (Å²) in [6, 6.07) is 10.1. The molecule has 0 fully saturated rings. The SMILES string of the molecule is COc1ccc(CN=C(N)NCc2c(C)cc(C)cc2C)cc1OC.I. The molecule has 0 bridgehead atoms. The number of hydrogen-bond donors (Lipinski definition) is 2. The summed E-state index contributed by atoms with van der Waals surface area (Å²) in [5.74, 6) is 1.81. The number of benzene rings is 2. The zero-order valence-corrected chi connectivity index (χ0v) is 18.4. The Hall–Kier alpha value is -1.96. The highest BCUT2D eigenvalue weighted by atomic mass is 127. The fraction of sp³-hybridized carbons (Fsp3) is 0.350. The molecule has 0 saturated carbocycles. The summed E-state index contributed by atoms with van der Waals surface area (Å²) in [6.07, 6.45) is 0. The first kappa shape index (κ1) is 22.1. The summed E-state index contributed by atoms with van der Waals surface area (Å²) in [4.78, 5) is 4.40. The fourth-order valence-corrected chi connectivity index (χ4v) is 2.88. The highest BCUT2D eigenvalue weighted by Crippen LogP contribution is 2.27. The van der Waals surface area contributed by atoms with Crippen LogP contribution in [0.15, 0.2) is 35.3 Å². The Balaban J connectivity index is 0.00000338. The van der Waals surface area contributed by atoms with Gasteiger partial charge in [0.1, 0.15) is 0 Å². The summed E-state index contributed by atoms with van der Waals surface area (Å²) in [5.41, 5.74) is 12.1. The lowest BCUT2D eigenvalue weighted by molar-refractivity contribution is 0.354. The number of hydrogen-bond acceptors (Lipinski definition) is 3. The Morgan fingerprint density at radius 3 is 2.19 bits per heavy atom. The quantitative estimate of drug-likeness (QED) is 0.383. The van der Waals surface area contributed by atoms with Gasteiger partial charge in [0.05, 0.1) is 20.8 Å². The third-order valence-corrected chi connectivity index (χ3v) is 4.17. The van der Waals surface area contributed by atoms with Gasteiger partial charge in [0, 0.05) is 6.54 Å². The van der Waals surface area contributed by atoms with Crippen LogP contribution in [0, 0.1) is 20.8 Å². The zero-order valence-electron chi connectivity index (χ0n) is 16.1. The van der Waals surface area contributed by atoms with Gasteiger partial charge in [-0.05, 0) is 55.2 Å². The molecule has 0 aliphatic heterocycles. The van der Waals surface area contributed by atoms with E-state index in [2.05, 4.69) is 43.2 Å². The largest absolute Gasteiger partial charge is 0.493 e. The Kier molecular flexibility index (Phi) is 8.71. The molecule has 0 amide bonds. The predicted octanol–water partition coefficient (Wildman–Crippen LogP) is 3.85. The highest BCUT2D eigenvalue weighted by Gasteiger charge is 2.06. The molecule has 0 aliphatic carbocycles. The molecule has 0 atom stereocenters. The minimum absolute atomic E-state index is 0. The number of aliphatic imine (C=N–C) groups is 1. The normalized spacial score (nSPS) is 10.9. The molecule has 0 aliphatic rings. The van der Waals surface area contributed by atoms with E-state index in [1.54, 1.807) is 14.2 Å². The third-order valence-electron chi connectivity index (χ3n) is 4.17. The zero-order chi connectivity index (χ0) is 18.4. The molecule has 2 aromatic carbocycles. The van der Waals surface area contributed by atoms with Gasteiger partial charge < -0.3 is 20.5 Å². The van der Waals surface area contributed by atoms with Gasteiger partial charge in [0.15, 0.2) is 17.5 Å². The van der Waals surface area contributed by atoms with Gasteiger partial charge in [-0.1, -0.05) is 23.8 Å². The molecule has 2 rings (SSSR count). The van der Waals surface area contributed by atoms with Gasteiger partial charge in [0.2, 0.25) is 0 Å². The second kappa shape index (κ2) is 10.3. The van der Waals surface area contributed by atoms with E-state index in [0.29, 0.717) is 30.5 Å². The van der Waals surface area contributed by atoms with Crippen LogP contribution in [0.25, 0.3) is 0 Å². The first-order chi connectivity index (χ1) is 11.9. The molecule has 0 heterocycles. The third kappa shape index (κ3) is 5.79. The number of halogens is 1. The molecule has 6 heteroatoms. The molecule has 0 unspecified atom stereocenters. The van der Waals surface area contributed by atoms with E-state index in [1.807, 2.05) is 18.2 Å². The second-order valence-electron chi connectivity index (χ2n) is 6.12. The molecule has 142 valence electrons. The molecule has 0 radical (unpaired) electrons. The van der Waals surface area contributed by atoms with Crippen LogP contribution in [0.3, 0.4) is 0 Å². The Morgan fingerprint density at radius 2 is 1.62 bits per heavy atom. The lowest BCUT2D eigenvalue weighted by Gasteiger charge is -2.13. The summed E-state index contributed by atoms with van der Waals surface area (Å²) < 4.78 is 10.5. The number of rotatable bonds is 6. The van der Waals surface area contributed by atoms with Crippen LogP contribution in [0.5, 0.6) is 11.5 Å². The van der Waals surface area contributed by atoms with E-state index in [4.69, 9.17) is 15.2 Å². The van der Waals surface area contributed by atoms with E-state index in [9.17, 15) is 0 Å². The van der Waals surface area contributed by atoms with Crippen molar-refractivity contribution >= 4 is 29.9 Å². The Morgan fingerprint density at radius 1 is 1.00 bits per heavy atom.